The molecule has 20 heavy (non-hydrogen) atoms. The second-order valence-corrected chi connectivity index (χ2v) is 6.00. The molecule has 0 atom stereocenters. The average Bonchev–Trinajstić information content (AvgIpc) is 3.31. The van der Waals surface area contributed by atoms with Crippen LogP contribution in [0.4, 0.5) is 5.69 Å². The van der Waals surface area contributed by atoms with Gasteiger partial charge in [-0.25, -0.2) is 0 Å². The molecule has 1 saturated heterocycles. The van der Waals surface area contributed by atoms with Gasteiger partial charge in [-0.2, -0.15) is 0 Å². The zero-order chi connectivity index (χ0) is 14.1. The average molecular weight is 273 g/mol. The number of hydrogen-bond donors (Lipinski definition) is 0. The first-order chi connectivity index (χ1) is 9.65. The van der Waals surface area contributed by atoms with Crippen LogP contribution in [0.5, 0.6) is 0 Å². The van der Waals surface area contributed by atoms with Gasteiger partial charge in [-0.15, -0.1) is 0 Å². The predicted octanol–water partition coefficient (Wildman–Crippen LogP) is 1.67. The van der Waals surface area contributed by atoms with E-state index in [4.69, 9.17) is 0 Å². The van der Waals surface area contributed by atoms with Gasteiger partial charge in [0.15, 0.2) is 0 Å². The van der Waals surface area contributed by atoms with E-state index in [1.165, 1.54) is 12.8 Å². The van der Waals surface area contributed by atoms with Gasteiger partial charge >= 0.3 is 0 Å². The number of carbonyl (C=O) groups excluding carboxylic acids is 1. The third-order valence-corrected chi connectivity index (χ3v) is 4.27. The summed E-state index contributed by atoms with van der Waals surface area (Å²) in [4.78, 5) is 19.1. The van der Waals surface area contributed by atoms with Crippen molar-refractivity contribution in [1.82, 2.24) is 9.80 Å². The minimum atomic E-state index is 0.171. The maximum atomic E-state index is 12.6. The smallest absolute Gasteiger partial charge is 0.254 e. The highest BCUT2D eigenvalue weighted by molar-refractivity contribution is 5.95. The summed E-state index contributed by atoms with van der Waals surface area (Å²) in [5.41, 5.74) is 1.88. The van der Waals surface area contributed by atoms with E-state index in [2.05, 4.69) is 4.90 Å². The van der Waals surface area contributed by atoms with Gasteiger partial charge in [0.1, 0.15) is 0 Å². The molecular weight excluding hydrogens is 250 g/mol. The molecule has 1 saturated carbocycles. The first-order valence-corrected chi connectivity index (χ1v) is 7.46. The lowest BCUT2D eigenvalue weighted by atomic mass is 10.1. The van der Waals surface area contributed by atoms with Gasteiger partial charge in [0.2, 0.25) is 0 Å². The maximum Gasteiger partial charge on any atom is 0.254 e. The molecule has 4 nitrogen and oxygen atoms in total. The Bertz CT molecular complexity index is 488. The molecule has 1 aromatic rings. The van der Waals surface area contributed by atoms with Crippen LogP contribution in [-0.4, -0.2) is 62.0 Å². The minimum Gasteiger partial charge on any atom is -0.378 e. The summed E-state index contributed by atoms with van der Waals surface area (Å²) < 4.78 is 0. The highest BCUT2D eigenvalue weighted by Crippen LogP contribution is 2.27. The van der Waals surface area contributed by atoms with Gasteiger partial charge in [0.25, 0.3) is 5.91 Å². The number of amides is 1. The van der Waals surface area contributed by atoms with E-state index in [0.29, 0.717) is 0 Å². The Kier molecular flexibility index (Phi) is 3.66. The number of piperazine rings is 1. The molecule has 1 aliphatic carbocycles. The zero-order valence-corrected chi connectivity index (χ0v) is 12.4. The van der Waals surface area contributed by atoms with Gasteiger partial charge in [-0.1, -0.05) is 6.07 Å². The quantitative estimate of drug-likeness (QED) is 0.838. The molecule has 1 heterocycles. The van der Waals surface area contributed by atoms with Crippen LogP contribution in [0.1, 0.15) is 23.2 Å². The van der Waals surface area contributed by atoms with Crippen LogP contribution >= 0.6 is 0 Å². The summed E-state index contributed by atoms with van der Waals surface area (Å²) >= 11 is 0. The Morgan fingerprint density at radius 3 is 2.45 bits per heavy atom. The van der Waals surface area contributed by atoms with Gasteiger partial charge in [0, 0.05) is 57.6 Å². The van der Waals surface area contributed by atoms with Gasteiger partial charge in [-0.05, 0) is 31.0 Å². The Balaban J connectivity index is 1.65. The highest BCUT2D eigenvalue weighted by atomic mass is 16.2. The largest absolute Gasteiger partial charge is 0.378 e. The van der Waals surface area contributed by atoms with Crippen molar-refractivity contribution in [2.24, 2.45) is 0 Å². The number of benzene rings is 1. The first kappa shape index (κ1) is 13.4. The number of hydrogen-bond acceptors (Lipinski definition) is 3. The SMILES string of the molecule is CN(C)c1cccc(C(=O)N2CCN(C3CC3)CC2)c1. The Morgan fingerprint density at radius 2 is 1.85 bits per heavy atom. The van der Waals surface area contributed by atoms with E-state index in [1.54, 1.807) is 0 Å². The third kappa shape index (κ3) is 2.80. The summed E-state index contributed by atoms with van der Waals surface area (Å²) in [5, 5.41) is 0. The second kappa shape index (κ2) is 5.44. The number of carbonyl (C=O) groups is 1. The van der Waals surface area contributed by atoms with Crippen LogP contribution in [0.25, 0.3) is 0 Å². The molecule has 0 radical (unpaired) electrons. The van der Waals surface area contributed by atoms with Crippen molar-refractivity contribution in [3.63, 3.8) is 0 Å². The Labute approximate surface area is 121 Å². The number of anilines is 1. The molecule has 0 spiro atoms. The van der Waals surface area contributed by atoms with E-state index >= 15 is 0 Å². The molecule has 0 bridgehead atoms. The van der Waals surface area contributed by atoms with Gasteiger partial charge in [0.05, 0.1) is 0 Å². The molecule has 2 fully saturated rings. The van der Waals surface area contributed by atoms with Gasteiger partial charge < -0.3 is 9.80 Å². The first-order valence-electron chi connectivity index (χ1n) is 7.46. The van der Waals surface area contributed by atoms with Crippen molar-refractivity contribution in [1.29, 1.82) is 0 Å². The Hall–Kier alpha value is -1.55. The fourth-order valence-corrected chi connectivity index (χ4v) is 2.83. The van der Waals surface area contributed by atoms with Crippen LogP contribution in [-0.2, 0) is 0 Å². The molecule has 0 N–H and O–H groups in total. The minimum absolute atomic E-state index is 0.171. The number of nitrogens with zero attached hydrogens (tertiary/aromatic N) is 3. The lowest BCUT2D eigenvalue weighted by molar-refractivity contribution is 0.0627. The summed E-state index contributed by atoms with van der Waals surface area (Å²) in [6.07, 6.45) is 2.69. The molecule has 108 valence electrons. The van der Waals surface area contributed by atoms with Gasteiger partial charge in [-0.3, -0.25) is 9.69 Å². The van der Waals surface area contributed by atoms with E-state index < -0.39 is 0 Å². The molecule has 3 rings (SSSR count). The monoisotopic (exact) mass is 273 g/mol. The maximum absolute atomic E-state index is 12.6. The van der Waals surface area contributed by atoms with Crippen LogP contribution < -0.4 is 4.90 Å². The molecular formula is C16H23N3O. The van der Waals surface area contributed by atoms with E-state index in [9.17, 15) is 4.79 Å². The molecule has 0 unspecified atom stereocenters. The molecule has 1 aliphatic heterocycles. The van der Waals surface area contributed by atoms with E-state index in [-0.39, 0.29) is 5.91 Å². The summed E-state index contributed by atoms with van der Waals surface area (Å²) in [6, 6.07) is 8.70. The van der Waals surface area contributed by atoms with Crippen LogP contribution in [0, 0.1) is 0 Å². The standard InChI is InChI=1S/C16H23N3O/c1-17(2)15-5-3-4-13(12-15)16(20)19-10-8-18(9-11-19)14-6-7-14/h3-5,12,14H,6-11H2,1-2H3. The lowest BCUT2D eigenvalue weighted by Crippen LogP contribution is -2.49. The zero-order valence-electron chi connectivity index (χ0n) is 12.4. The molecule has 1 amide bonds. The normalized spacial score (nSPS) is 20.0. The summed E-state index contributed by atoms with van der Waals surface area (Å²) in [6.45, 7) is 3.79. The summed E-state index contributed by atoms with van der Waals surface area (Å²) in [5.74, 6) is 0.171. The van der Waals surface area contributed by atoms with Crippen LogP contribution in [0.2, 0.25) is 0 Å². The van der Waals surface area contributed by atoms with Crippen LogP contribution in [0.3, 0.4) is 0 Å². The van der Waals surface area contributed by atoms with Crippen molar-refractivity contribution in [2.75, 3.05) is 45.2 Å². The van der Waals surface area contributed by atoms with E-state index in [0.717, 1.165) is 43.5 Å². The number of rotatable bonds is 3. The molecule has 1 aromatic carbocycles. The van der Waals surface area contributed by atoms with E-state index in [1.807, 2.05) is 48.2 Å². The molecule has 4 heteroatoms. The second-order valence-electron chi connectivity index (χ2n) is 6.00. The van der Waals surface area contributed by atoms with Crippen molar-refractivity contribution in [3.8, 4) is 0 Å². The van der Waals surface area contributed by atoms with Crippen molar-refractivity contribution in [3.05, 3.63) is 29.8 Å². The predicted molar refractivity (Wildman–Crippen MR) is 81.3 cm³/mol. The lowest BCUT2D eigenvalue weighted by Gasteiger charge is -2.35. The van der Waals surface area contributed by atoms with Crippen molar-refractivity contribution >= 4 is 11.6 Å². The van der Waals surface area contributed by atoms with Crippen LogP contribution in [0.15, 0.2) is 24.3 Å². The molecule has 2 aliphatic rings. The molecule has 0 aromatic heterocycles. The summed E-state index contributed by atoms with van der Waals surface area (Å²) in [7, 11) is 4.00. The fraction of sp³-hybridized carbons (Fsp3) is 0.562. The third-order valence-electron chi connectivity index (χ3n) is 4.27. The van der Waals surface area contributed by atoms with Crippen molar-refractivity contribution < 1.29 is 4.79 Å². The fourth-order valence-electron chi connectivity index (χ4n) is 2.83. The van der Waals surface area contributed by atoms with Crippen molar-refractivity contribution in [2.45, 2.75) is 18.9 Å². The Morgan fingerprint density at radius 1 is 1.15 bits per heavy atom. The topological polar surface area (TPSA) is 26.8 Å². The highest BCUT2D eigenvalue weighted by Gasteiger charge is 2.32.